The van der Waals surface area contributed by atoms with Gasteiger partial charge in [0.15, 0.2) is 0 Å². The maximum absolute atomic E-state index is 11.9. The molecule has 3 unspecified atom stereocenters. The lowest BCUT2D eigenvalue weighted by molar-refractivity contribution is -0.140. The molecule has 0 heterocycles. The molecule has 0 radical (unpaired) electrons. The molecule has 2 aliphatic rings. The molecule has 5 atom stereocenters. The highest BCUT2D eigenvalue weighted by Crippen LogP contribution is 2.47. The molecule has 0 aliphatic heterocycles. The lowest BCUT2D eigenvalue weighted by Gasteiger charge is -2.24. The summed E-state index contributed by atoms with van der Waals surface area (Å²) in [4.78, 5) is 23.0. The SMILES string of the molecule is CC[C@H](C)[C@H](NC(=O)NCC1CC2CCC1C2)C(=O)O. The summed E-state index contributed by atoms with van der Waals surface area (Å²) in [5.74, 6) is 1.19. The Balaban J connectivity index is 1.75. The van der Waals surface area contributed by atoms with Crippen LogP contribution in [0, 0.1) is 23.7 Å². The fourth-order valence-electron chi connectivity index (χ4n) is 3.73. The van der Waals surface area contributed by atoms with Gasteiger partial charge < -0.3 is 15.7 Å². The number of hydrogen-bond acceptors (Lipinski definition) is 2. The number of rotatable bonds is 6. The average Bonchev–Trinajstić information content (AvgIpc) is 3.03. The zero-order valence-corrected chi connectivity index (χ0v) is 12.4. The minimum atomic E-state index is -0.963. The Labute approximate surface area is 120 Å². The number of carbonyl (C=O) groups excluding carboxylic acids is 1. The predicted molar refractivity (Wildman–Crippen MR) is 76.4 cm³/mol. The molecule has 0 aromatic rings. The van der Waals surface area contributed by atoms with Gasteiger partial charge in [0.2, 0.25) is 0 Å². The van der Waals surface area contributed by atoms with Crippen molar-refractivity contribution in [3.8, 4) is 0 Å². The van der Waals surface area contributed by atoms with Gasteiger partial charge in [-0.2, -0.15) is 0 Å². The molecule has 114 valence electrons. The van der Waals surface area contributed by atoms with E-state index in [1.54, 1.807) is 0 Å². The third-order valence-electron chi connectivity index (χ3n) is 5.17. The van der Waals surface area contributed by atoms with E-state index in [0.717, 1.165) is 18.3 Å². The van der Waals surface area contributed by atoms with Gasteiger partial charge in [0.05, 0.1) is 0 Å². The van der Waals surface area contributed by atoms with Crippen molar-refractivity contribution < 1.29 is 14.7 Å². The lowest BCUT2D eigenvalue weighted by Crippen LogP contribution is -2.50. The highest BCUT2D eigenvalue weighted by molar-refractivity contribution is 5.82. The van der Waals surface area contributed by atoms with Gasteiger partial charge in [0.1, 0.15) is 6.04 Å². The quantitative estimate of drug-likeness (QED) is 0.699. The maximum Gasteiger partial charge on any atom is 0.326 e. The van der Waals surface area contributed by atoms with Crippen molar-refractivity contribution in [2.75, 3.05) is 6.54 Å². The fraction of sp³-hybridized carbons (Fsp3) is 0.867. The van der Waals surface area contributed by atoms with E-state index in [4.69, 9.17) is 5.11 Å². The molecule has 0 spiro atoms. The Kier molecular flexibility index (Phi) is 4.89. The molecule has 5 heteroatoms. The minimum absolute atomic E-state index is 0.0688. The van der Waals surface area contributed by atoms with Crippen LogP contribution in [0.25, 0.3) is 0 Å². The van der Waals surface area contributed by atoms with Gasteiger partial charge in [0.25, 0.3) is 0 Å². The zero-order valence-electron chi connectivity index (χ0n) is 12.4. The number of nitrogens with one attached hydrogen (secondary N) is 2. The molecule has 2 saturated carbocycles. The largest absolute Gasteiger partial charge is 0.480 e. The second-order valence-corrected chi connectivity index (χ2v) is 6.49. The van der Waals surface area contributed by atoms with Crippen LogP contribution in [0.2, 0.25) is 0 Å². The van der Waals surface area contributed by atoms with Crippen LogP contribution >= 0.6 is 0 Å². The van der Waals surface area contributed by atoms with Crippen molar-refractivity contribution in [3.05, 3.63) is 0 Å². The van der Waals surface area contributed by atoms with E-state index in [2.05, 4.69) is 10.6 Å². The van der Waals surface area contributed by atoms with Gasteiger partial charge in [0, 0.05) is 6.54 Å². The van der Waals surface area contributed by atoms with Crippen LogP contribution in [-0.2, 0) is 4.79 Å². The lowest BCUT2D eigenvalue weighted by atomic mass is 9.89. The molecule has 2 rings (SSSR count). The molecule has 3 N–H and O–H groups in total. The van der Waals surface area contributed by atoms with Crippen molar-refractivity contribution in [1.82, 2.24) is 10.6 Å². The standard InChI is InChI=1S/C15H26N2O3/c1-3-9(2)13(14(18)19)17-15(20)16-8-12-7-10-4-5-11(12)6-10/h9-13H,3-8H2,1-2H3,(H,18,19)(H2,16,17,20)/t9-,10?,11?,12?,13-/m0/s1. The zero-order chi connectivity index (χ0) is 14.7. The minimum Gasteiger partial charge on any atom is -0.480 e. The van der Waals surface area contributed by atoms with Crippen LogP contribution in [0.4, 0.5) is 4.79 Å². The first-order valence-corrected chi connectivity index (χ1v) is 7.78. The summed E-state index contributed by atoms with van der Waals surface area (Å²) >= 11 is 0. The van der Waals surface area contributed by atoms with Gasteiger partial charge in [-0.05, 0) is 42.9 Å². The molecule has 2 amide bonds. The molecule has 2 fully saturated rings. The molecular weight excluding hydrogens is 256 g/mol. The second-order valence-electron chi connectivity index (χ2n) is 6.49. The monoisotopic (exact) mass is 282 g/mol. The smallest absolute Gasteiger partial charge is 0.326 e. The Morgan fingerprint density at radius 2 is 2.05 bits per heavy atom. The number of aliphatic carboxylic acids is 1. The van der Waals surface area contributed by atoms with Crippen LogP contribution in [0.15, 0.2) is 0 Å². The van der Waals surface area contributed by atoms with Crippen LogP contribution < -0.4 is 10.6 Å². The number of urea groups is 1. The van der Waals surface area contributed by atoms with Crippen molar-refractivity contribution in [2.24, 2.45) is 23.7 Å². The van der Waals surface area contributed by atoms with Gasteiger partial charge in [-0.15, -0.1) is 0 Å². The summed E-state index contributed by atoms with van der Waals surface area (Å²) in [6.07, 6.45) is 5.91. The average molecular weight is 282 g/mol. The van der Waals surface area contributed by atoms with Crippen LogP contribution in [0.5, 0.6) is 0 Å². The van der Waals surface area contributed by atoms with Crippen LogP contribution in [0.3, 0.4) is 0 Å². The molecule has 0 aromatic carbocycles. The highest BCUT2D eigenvalue weighted by Gasteiger charge is 2.39. The van der Waals surface area contributed by atoms with Crippen LogP contribution in [0.1, 0.15) is 46.0 Å². The highest BCUT2D eigenvalue weighted by atomic mass is 16.4. The van der Waals surface area contributed by atoms with E-state index >= 15 is 0 Å². The topological polar surface area (TPSA) is 78.4 Å². The molecule has 20 heavy (non-hydrogen) atoms. The Bertz CT molecular complexity index is 372. The second kappa shape index (κ2) is 6.46. The summed E-state index contributed by atoms with van der Waals surface area (Å²) in [7, 11) is 0. The van der Waals surface area contributed by atoms with Gasteiger partial charge in [-0.3, -0.25) is 0 Å². The normalized spacial score (nSPS) is 30.8. The first kappa shape index (κ1) is 15.1. The van der Waals surface area contributed by atoms with E-state index in [1.165, 1.54) is 25.7 Å². The Morgan fingerprint density at radius 3 is 2.55 bits per heavy atom. The number of carbonyl (C=O) groups is 2. The molecule has 0 saturated heterocycles. The van der Waals surface area contributed by atoms with Gasteiger partial charge in [-0.25, -0.2) is 9.59 Å². The third-order valence-corrected chi connectivity index (χ3v) is 5.17. The molecule has 0 aromatic heterocycles. The third kappa shape index (κ3) is 3.44. The number of carboxylic acid groups (broad SMARTS) is 1. The Morgan fingerprint density at radius 1 is 1.30 bits per heavy atom. The summed E-state index contributed by atoms with van der Waals surface area (Å²) < 4.78 is 0. The van der Waals surface area contributed by atoms with Crippen molar-refractivity contribution in [2.45, 2.75) is 52.0 Å². The van der Waals surface area contributed by atoms with E-state index in [1.807, 2.05) is 13.8 Å². The summed E-state index contributed by atoms with van der Waals surface area (Å²) in [5.41, 5.74) is 0. The summed E-state index contributed by atoms with van der Waals surface area (Å²) in [6.45, 7) is 4.45. The van der Waals surface area contributed by atoms with Crippen molar-refractivity contribution in [3.63, 3.8) is 0 Å². The van der Waals surface area contributed by atoms with E-state index in [-0.39, 0.29) is 11.9 Å². The van der Waals surface area contributed by atoms with Gasteiger partial charge in [-0.1, -0.05) is 26.7 Å². The number of hydrogen-bond donors (Lipinski definition) is 3. The van der Waals surface area contributed by atoms with E-state index in [0.29, 0.717) is 12.5 Å². The van der Waals surface area contributed by atoms with E-state index < -0.39 is 12.0 Å². The molecular formula is C15H26N2O3. The van der Waals surface area contributed by atoms with Gasteiger partial charge >= 0.3 is 12.0 Å². The number of fused-ring (bicyclic) bond motifs is 2. The van der Waals surface area contributed by atoms with E-state index in [9.17, 15) is 9.59 Å². The Hall–Kier alpha value is -1.26. The first-order chi connectivity index (χ1) is 9.51. The molecule has 2 bridgehead atoms. The summed E-state index contributed by atoms with van der Waals surface area (Å²) in [6, 6.07) is -1.15. The first-order valence-electron chi connectivity index (χ1n) is 7.78. The van der Waals surface area contributed by atoms with Crippen molar-refractivity contribution in [1.29, 1.82) is 0 Å². The molecule has 2 aliphatic carbocycles. The number of carboxylic acids is 1. The summed E-state index contributed by atoms with van der Waals surface area (Å²) in [5, 5.41) is 14.6. The molecule has 5 nitrogen and oxygen atoms in total. The van der Waals surface area contributed by atoms with Crippen LogP contribution in [-0.4, -0.2) is 29.7 Å². The predicted octanol–water partition coefficient (Wildman–Crippen LogP) is 2.22. The van der Waals surface area contributed by atoms with Crippen molar-refractivity contribution >= 4 is 12.0 Å². The number of amides is 2. The maximum atomic E-state index is 11.9. The fourth-order valence-corrected chi connectivity index (χ4v) is 3.73.